The molecule has 0 aliphatic carbocycles. The first kappa shape index (κ1) is 14.1. The van der Waals surface area contributed by atoms with Crippen molar-refractivity contribution in [3.05, 3.63) is 29.8 Å². The second-order valence-electron chi connectivity index (χ2n) is 4.00. The van der Waals surface area contributed by atoms with E-state index in [1.54, 1.807) is 12.0 Å². The Balaban J connectivity index is 2.40. The molecular formula is C13H19NO2S. The van der Waals surface area contributed by atoms with Gasteiger partial charge in [-0.05, 0) is 24.1 Å². The van der Waals surface area contributed by atoms with Crippen molar-refractivity contribution in [1.82, 2.24) is 4.90 Å². The van der Waals surface area contributed by atoms with Crippen molar-refractivity contribution in [2.45, 2.75) is 17.7 Å². The first-order chi connectivity index (χ1) is 8.13. The number of thiol groups is 1. The van der Waals surface area contributed by atoms with Crippen molar-refractivity contribution in [1.29, 1.82) is 0 Å². The van der Waals surface area contributed by atoms with Crippen LogP contribution in [0.1, 0.15) is 12.0 Å². The Hall–Kier alpha value is -1.00. The van der Waals surface area contributed by atoms with E-state index >= 15 is 0 Å². The summed E-state index contributed by atoms with van der Waals surface area (Å²) in [5, 5.41) is 0. The Morgan fingerprint density at radius 1 is 1.35 bits per heavy atom. The van der Waals surface area contributed by atoms with Crippen molar-refractivity contribution in [3.8, 4) is 0 Å². The number of carbonyl (C=O) groups is 1. The van der Waals surface area contributed by atoms with E-state index in [2.05, 4.69) is 12.6 Å². The van der Waals surface area contributed by atoms with E-state index in [4.69, 9.17) is 4.74 Å². The molecule has 0 aliphatic rings. The van der Waals surface area contributed by atoms with Gasteiger partial charge in [0.05, 0.1) is 6.42 Å². The molecular weight excluding hydrogens is 234 g/mol. The normalized spacial score (nSPS) is 10.3. The zero-order valence-corrected chi connectivity index (χ0v) is 11.2. The number of rotatable bonds is 6. The highest BCUT2D eigenvalue weighted by atomic mass is 32.1. The first-order valence-electron chi connectivity index (χ1n) is 5.64. The maximum Gasteiger partial charge on any atom is 0.226 e. The SMILES string of the molecule is COCCCN(C)C(=O)Cc1ccc(S)cc1. The highest BCUT2D eigenvalue weighted by Gasteiger charge is 2.08. The van der Waals surface area contributed by atoms with Gasteiger partial charge in [0.2, 0.25) is 5.91 Å². The first-order valence-corrected chi connectivity index (χ1v) is 6.09. The average Bonchev–Trinajstić information content (AvgIpc) is 2.32. The minimum atomic E-state index is 0.132. The highest BCUT2D eigenvalue weighted by Crippen LogP contribution is 2.09. The lowest BCUT2D eigenvalue weighted by atomic mass is 10.1. The molecule has 0 aromatic heterocycles. The summed E-state index contributed by atoms with van der Waals surface area (Å²) < 4.78 is 4.96. The predicted octanol–water partition coefficient (Wildman–Crippen LogP) is 2.01. The molecule has 0 N–H and O–H groups in total. The van der Waals surface area contributed by atoms with Gasteiger partial charge in [0.25, 0.3) is 0 Å². The van der Waals surface area contributed by atoms with Gasteiger partial charge < -0.3 is 9.64 Å². The van der Waals surface area contributed by atoms with Gasteiger partial charge in [-0.3, -0.25) is 4.79 Å². The largest absolute Gasteiger partial charge is 0.385 e. The van der Waals surface area contributed by atoms with Crippen molar-refractivity contribution in [2.75, 3.05) is 27.3 Å². The van der Waals surface area contributed by atoms with Crippen molar-refractivity contribution in [3.63, 3.8) is 0 Å². The lowest BCUT2D eigenvalue weighted by Gasteiger charge is -2.16. The van der Waals surface area contributed by atoms with Gasteiger partial charge in [-0.25, -0.2) is 0 Å². The molecule has 1 aromatic carbocycles. The predicted molar refractivity (Wildman–Crippen MR) is 71.5 cm³/mol. The fourth-order valence-electron chi connectivity index (χ4n) is 1.49. The summed E-state index contributed by atoms with van der Waals surface area (Å²) in [5.41, 5.74) is 1.02. The smallest absolute Gasteiger partial charge is 0.226 e. The molecule has 3 nitrogen and oxygen atoms in total. The molecule has 0 atom stereocenters. The third-order valence-corrected chi connectivity index (χ3v) is 2.86. The monoisotopic (exact) mass is 253 g/mol. The molecule has 0 aliphatic heterocycles. The van der Waals surface area contributed by atoms with Crippen LogP contribution < -0.4 is 0 Å². The molecule has 0 saturated heterocycles. The van der Waals surface area contributed by atoms with E-state index in [-0.39, 0.29) is 5.91 Å². The third kappa shape index (κ3) is 5.24. The maximum atomic E-state index is 11.9. The molecule has 17 heavy (non-hydrogen) atoms. The van der Waals surface area contributed by atoms with Gasteiger partial charge >= 0.3 is 0 Å². The lowest BCUT2D eigenvalue weighted by Crippen LogP contribution is -2.29. The number of benzene rings is 1. The average molecular weight is 253 g/mol. The molecule has 1 amide bonds. The van der Waals surface area contributed by atoms with Crippen LogP contribution >= 0.6 is 12.6 Å². The summed E-state index contributed by atoms with van der Waals surface area (Å²) in [4.78, 5) is 14.5. The molecule has 94 valence electrons. The maximum absolute atomic E-state index is 11.9. The second kappa shape index (κ2) is 7.35. The van der Waals surface area contributed by atoms with Crippen LogP contribution in [0.4, 0.5) is 0 Å². The van der Waals surface area contributed by atoms with Gasteiger partial charge in [0.15, 0.2) is 0 Å². The minimum absolute atomic E-state index is 0.132. The summed E-state index contributed by atoms with van der Waals surface area (Å²) in [6, 6.07) is 7.67. The Labute approximate surface area is 108 Å². The summed E-state index contributed by atoms with van der Waals surface area (Å²) in [6.07, 6.45) is 1.31. The molecule has 0 unspecified atom stereocenters. The molecule has 0 saturated carbocycles. The molecule has 1 aromatic rings. The summed E-state index contributed by atoms with van der Waals surface area (Å²) in [5.74, 6) is 0.132. The zero-order chi connectivity index (χ0) is 12.7. The fourth-order valence-corrected chi connectivity index (χ4v) is 1.64. The number of carbonyl (C=O) groups excluding carboxylic acids is 1. The van der Waals surface area contributed by atoms with Crippen molar-refractivity contribution < 1.29 is 9.53 Å². The standard InChI is InChI=1S/C13H19NO2S/c1-14(8-3-9-16-2)13(15)10-11-4-6-12(17)7-5-11/h4-7,17H,3,8-10H2,1-2H3. The fraction of sp³-hybridized carbons (Fsp3) is 0.462. The minimum Gasteiger partial charge on any atom is -0.385 e. The number of methoxy groups -OCH3 is 1. The lowest BCUT2D eigenvalue weighted by molar-refractivity contribution is -0.129. The number of likely N-dealkylation sites (N-methyl/N-ethyl adjacent to an activating group) is 1. The number of amides is 1. The number of hydrogen-bond acceptors (Lipinski definition) is 3. The van der Waals surface area contributed by atoms with Crippen LogP contribution in [0.25, 0.3) is 0 Å². The van der Waals surface area contributed by atoms with E-state index < -0.39 is 0 Å². The molecule has 0 fully saturated rings. The quantitative estimate of drug-likeness (QED) is 0.621. The van der Waals surface area contributed by atoms with Crippen molar-refractivity contribution in [2.24, 2.45) is 0 Å². The van der Waals surface area contributed by atoms with Crippen LogP contribution in [0, 0.1) is 0 Å². The molecule has 4 heteroatoms. The molecule has 1 rings (SSSR count). The van der Waals surface area contributed by atoms with Crippen LogP contribution in [-0.2, 0) is 16.0 Å². The number of hydrogen-bond donors (Lipinski definition) is 1. The van der Waals surface area contributed by atoms with E-state index in [9.17, 15) is 4.79 Å². The third-order valence-electron chi connectivity index (χ3n) is 2.56. The Kier molecular flexibility index (Phi) is 6.08. The summed E-state index contributed by atoms with van der Waals surface area (Å²) in [6.45, 7) is 1.42. The Morgan fingerprint density at radius 2 is 2.00 bits per heavy atom. The topological polar surface area (TPSA) is 29.5 Å². The molecule has 0 radical (unpaired) electrons. The van der Waals surface area contributed by atoms with E-state index in [1.807, 2.05) is 31.3 Å². The van der Waals surface area contributed by atoms with Gasteiger partial charge in [0.1, 0.15) is 0 Å². The van der Waals surface area contributed by atoms with Crippen molar-refractivity contribution >= 4 is 18.5 Å². The van der Waals surface area contributed by atoms with E-state index in [1.165, 1.54) is 0 Å². The Morgan fingerprint density at radius 3 is 2.59 bits per heavy atom. The number of ether oxygens (including phenoxy) is 1. The van der Waals surface area contributed by atoms with Crippen LogP contribution in [0.2, 0.25) is 0 Å². The highest BCUT2D eigenvalue weighted by molar-refractivity contribution is 7.80. The van der Waals surface area contributed by atoms with Gasteiger partial charge in [0, 0.05) is 32.2 Å². The van der Waals surface area contributed by atoms with E-state index in [0.717, 1.165) is 23.4 Å². The summed E-state index contributed by atoms with van der Waals surface area (Å²) in [7, 11) is 3.49. The molecule has 0 heterocycles. The van der Waals surface area contributed by atoms with Crippen LogP contribution in [0.3, 0.4) is 0 Å². The van der Waals surface area contributed by atoms with Gasteiger partial charge in [-0.15, -0.1) is 12.6 Å². The zero-order valence-electron chi connectivity index (χ0n) is 10.3. The molecule has 0 spiro atoms. The van der Waals surface area contributed by atoms with Gasteiger partial charge in [-0.1, -0.05) is 12.1 Å². The van der Waals surface area contributed by atoms with E-state index in [0.29, 0.717) is 13.0 Å². The second-order valence-corrected chi connectivity index (χ2v) is 4.52. The van der Waals surface area contributed by atoms with Gasteiger partial charge in [-0.2, -0.15) is 0 Å². The number of nitrogens with zero attached hydrogens (tertiary/aromatic N) is 1. The van der Waals surface area contributed by atoms with Crippen LogP contribution in [-0.4, -0.2) is 38.1 Å². The van der Waals surface area contributed by atoms with Crippen LogP contribution in [0.5, 0.6) is 0 Å². The Bertz CT molecular complexity index is 351. The molecule has 0 bridgehead atoms. The van der Waals surface area contributed by atoms with Crippen LogP contribution in [0.15, 0.2) is 29.2 Å². The summed E-state index contributed by atoms with van der Waals surface area (Å²) >= 11 is 4.21.